The van der Waals surface area contributed by atoms with E-state index in [0.717, 1.165) is 24.0 Å². The number of carbonyl (C=O) groups excluding carboxylic acids is 1. The minimum absolute atomic E-state index is 0.229. The molecular weight excluding hydrogens is 436 g/mol. The summed E-state index contributed by atoms with van der Waals surface area (Å²) >= 11 is 6.50. The van der Waals surface area contributed by atoms with Crippen molar-refractivity contribution < 1.29 is 18.3 Å². The molecule has 1 aromatic heterocycles. The average molecular weight is 460 g/mol. The molecule has 2 heterocycles. The van der Waals surface area contributed by atoms with Crippen LogP contribution in [0.2, 0.25) is 5.15 Å². The van der Waals surface area contributed by atoms with E-state index in [2.05, 4.69) is 10.4 Å². The van der Waals surface area contributed by atoms with Crippen LogP contribution in [-0.4, -0.2) is 35.4 Å². The van der Waals surface area contributed by atoms with Crippen molar-refractivity contribution in [2.75, 3.05) is 19.8 Å². The predicted molar refractivity (Wildman–Crippen MR) is 118 cm³/mol. The first kappa shape index (κ1) is 22.4. The first-order valence-corrected chi connectivity index (χ1v) is 10.9. The molecule has 1 N–H and O–H groups in total. The summed E-state index contributed by atoms with van der Waals surface area (Å²) in [6.45, 7) is 3.57. The molecule has 168 valence electrons. The van der Waals surface area contributed by atoms with Crippen molar-refractivity contribution >= 4 is 17.5 Å². The number of rotatable bonds is 6. The Hall–Kier alpha value is -2.77. The molecule has 1 amide bonds. The van der Waals surface area contributed by atoms with E-state index in [0.29, 0.717) is 37.6 Å². The zero-order valence-corrected chi connectivity index (χ0v) is 18.5. The lowest BCUT2D eigenvalue weighted by Crippen LogP contribution is -2.44. The third kappa shape index (κ3) is 4.69. The Morgan fingerprint density at radius 2 is 1.69 bits per heavy atom. The van der Waals surface area contributed by atoms with Crippen LogP contribution < -0.4 is 5.32 Å². The lowest BCUT2D eigenvalue weighted by Gasteiger charge is -2.38. The van der Waals surface area contributed by atoms with Crippen molar-refractivity contribution in [3.63, 3.8) is 0 Å². The Labute approximate surface area is 190 Å². The number of hydrogen-bond acceptors (Lipinski definition) is 3. The minimum atomic E-state index is -0.341. The molecule has 32 heavy (non-hydrogen) atoms. The van der Waals surface area contributed by atoms with E-state index in [-0.39, 0.29) is 28.1 Å². The average Bonchev–Trinajstić information content (AvgIpc) is 3.07. The van der Waals surface area contributed by atoms with Gasteiger partial charge in [-0.05, 0) is 55.2 Å². The van der Waals surface area contributed by atoms with Crippen molar-refractivity contribution in [2.24, 2.45) is 0 Å². The minimum Gasteiger partial charge on any atom is -0.381 e. The van der Waals surface area contributed by atoms with Gasteiger partial charge in [-0.3, -0.25) is 4.79 Å². The van der Waals surface area contributed by atoms with Crippen LogP contribution in [0.25, 0.3) is 0 Å². The fourth-order valence-electron chi connectivity index (χ4n) is 4.15. The Morgan fingerprint density at radius 1 is 1.09 bits per heavy atom. The van der Waals surface area contributed by atoms with E-state index in [1.165, 1.54) is 28.9 Å². The summed E-state index contributed by atoms with van der Waals surface area (Å²) in [5.41, 5.74) is 2.27. The van der Waals surface area contributed by atoms with E-state index in [1.807, 2.05) is 0 Å². The largest absolute Gasteiger partial charge is 0.381 e. The summed E-state index contributed by atoms with van der Waals surface area (Å²) in [7, 11) is 0. The van der Waals surface area contributed by atoms with Gasteiger partial charge in [0.25, 0.3) is 5.91 Å². The lowest BCUT2D eigenvalue weighted by molar-refractivity contribution is 0.0487. The summed E-state index contributed by atoms with van der Waals surface area (Å²) < 4.78 is 33.7. The van der Waals surface area contributed by atoms with Crippen LogP contribution in [0.15, 0.2) is 48.5 Å². The fourth-order valence-corrected chi connectivity index (χ4v) is 4.47. The number of benzene rings is 2. The van der Waals surface area contributed by atoms with E-state index >= 15 is 0 Å². The molecule has 0 spiro atoms. The maximum atomic E-state index is 13.4. The monoisotopic (exact) mass is 459 g/mol. The number of carbonyl (C=O) groups is 1. The molecule has 2 aromatic carbocycles. The van der Waals surface area contributed by atoms with Crippen LogP contribution in [0.4, 0.5) is 8.78 Å². The summed E-state index contributed by atoms with van der Waals surface area (Å²) in [5, 5.41) is 7.64. The van der Waals surface area contributed by atoms with Gasteiger partial charge in [0.1, 0.15) is 16.8 Å². The number of aryl methyl sites for hydroxylation is 1. The Balaban J connectivity index is 1.52. The quantitative estimate of drug-likeness (QED) is 0.583. The molecule has 0 unspecified atom stereocenters. The smallest absolute Gasteiger partial charge is 0.256 e. The van der Waals surface area contributed by atoms with Gasteiger partial charge in [0.2, 0.25) is 0 Å². The summed E-state index contributed by atoms with van der Waals surface area (Å²) in [6, 6.07) is 12.5. The van der Waals surface area contributed by atoms with Crippen molar-refractivity contribution in [2.45, 2.75) is 31.7 Å². The number of hydrogen-bond donors (Lipinski definition) is 1. The van der Waals surface area contributed by atoms with Gasteiger partial charge in [-0.2, -0.15) is 5.10 Å². The molecule has 0 saturated carbocycles. The second kappa shape index (κ2) is 9.38. The first-order valence-electron chi connectivity index (χ1n) is 10.5. The standard InChI is InChI=1S/C24H24ClF2N3O2/c1-16-21(22(25)30(29-16)14-17-2-6-19(26)7-3-17)23(31)28-15-24(10-12-32-13-11-24)18-4-8-20(27)9-5-18/h2-9H,10-15H2,1H3,(H,28,31). The normalized spacial score (nSPS) is 15.5. The Bertz CT molecular complexity index is 1090. The summed E-state index contributed by atoms with van der Waals surface area (Å²) in [4.78, 5) is 13.1. The predicted octanol–water partition coefficient (Wildman–Crippen LogP) is 4.65. The second-order valence-corrected chi connectivity index (χ2v) is 8.48. The maximum absolute atomic E-state index is 13.4. The van der Waals surface area contributed by atoms with Crippen LogP contribution in [0.1, 0.15) is 40.0 Å². The second-order valence-electron chi connectivity index (χ2n) is 8.12. The van der Waals surface area contributed by atoms with Crippen molar-refractivity contribution in [1.29, 1.82) is 0 Å². The third-order valence-electron chi connectivity index (χ3n) is 6.03. The summed E-state index contributed by atoms with van der Waals surface area (Å²) in [6.07, 6.45) is 1.44. The molecule has 0 bridgehead atoms. The number of amides is 1. The van der Waals surface area contributed by atoms with Gasteiger partial charge in [-0.15, -0.1) is 0 Å². The number of nitrogens with zero attached hydrogens (tertiary/aromatic N) is 2. The van der Waals surface area contributed by atoms with Crippen LogP contribution in [0.5, 0.6) is 0 Å². The van der Waals surface area contributed by atoms with E-state index in [9.17, 15) is 13.6 Å². The van der Waals surface area contributed by atoms with Crippen molar-refractivity contribution in [3.05, 3.63) is 87.7 Å². The molecule has 1 aliphatic heterocycles. The highest BCUT2D eigenvalue weighted by Gasteiger charge is 2.35. The maximum Gasteiger partial charge on any atom is 0.256 e. The molecule has 0 atom stereocenters. The third-order valence-corrected chi connectivity index (χ3v) is 6.42. The molecule has 1 saturated heterocycles. The van der Waals surface area contributed by atoms with E-state index in [4.69, 9.17) is 16.3 Å². The number of nitrogens with one attached hydrogen (secondary N) is 1. The molecular formula is C24H24ClF2N3O2. The van der Waals surface area contributed by atoms with Crippen LogP contribution in [0.3, 0.4) is 0 Å². The van der Waals surface area contributed by atoms with E-state index in [1.54, 1.807) is 31.2 Å². The number of ether oxygens (including phenoxy) is 1. The zero-order valence-electron chi connectivity index (χ0n) is 17.7. The number of halogens is 3. The highest BCUT2D eigenvalue weighted by atomic mass is 35.5. The van der Waals surface area contributed by atoms with Gasteiger partial charge in [-0.1, -0.05) is 35.9 Å². The molecule has 1 fully saturated rings. The lowest BCUT2D eigenvalue weighted by atomic mass is 9.74. The molecule has 3 aromatic rings. The highest BCUT2D eigenvalue weighted by molar-refractivity contribution is 6.33. The molecule has 4 rings (SSSR count). The van der Waals surface area contributed by atoms with Crippen molar-refractivity contribution in [1.82, 2.24) is 15.1 Å². The molecule has 0 radical (unpaired) electrons. The van der Waals surface area contributed by atoms with Gasteiger partial charge in [0.05, 0.1) is 17.8 Å². The van der Waals surface area contributed by atoms with Gasteiger partial charge >= 0.3 is 0 Å². The van der Waals surface area contributed by atoms with Crippen molar-refractivity contribution in [3.8, 4) is 0 Å². The molecule has 1 aliphatic rings. The van der Waals surface area contributed by atoms with Crippen LogP contribution in [0, 0.1) is 18.6 Å². The Kier molecular flexibility index (Phi) is 6.58. The topological polar surface area (TPSA) is 56.2 Å². The van der Waals surface area contributed by atoms with Gasteiger partial charge in [0, 0.05) is 25.2 Å². The summed E-state index contributed by atoms with van der Waals surface area (Å²) in [5.74, 6) is -0.929. The highest BCUT2D eigenvalue weighted by Crippen LogP contribution is 2.34. The van der Waals surface area contributed by atoms with E-state index < -0.39 is 0 Å². The zero-order chi connectivity index (χ0) is 22.7. The van der Waals surface area contributed by atoms with Gasteiger partial charge in [-0.25, -0.2) is 13.5 Å². The molecule has 5 nitrogen and oxygen atoms in total. The van der Waals surface area contributed by atoms with Crippen LogP contribution >= 0.6 is 11.6 Å². The fraction of sp³-hybridized carbons (Fsp3) is 0.333. The number of aromatic nitrogens is 2. The first-order chi connectivity index (χ1) is 15.4. The van der Waals surface area contributed by atoms with Gasteiger partial charge < -0.3 is 10.1 Å². The molecule has 8 heteroatoms. The Morgan fingerprint density at radius 3 is 2.31 bits per heavy atom. The van der Waals surface area contributed by atoms with Crippen LogP contribution in [-0.2, 0) is 16.7 Å². The molecule has 0 aliphatic carbocycles. The SMILES string of the molecule is Cc1nn(Cc2ccc(F)cc2)c(Cl)c1C(=O)NCC1(c2ccc(F)cc2)CCOCC1. The van der Waals surface area contributed by atoms with Gasteiger partial charge in [0.15, 0.2) is 0 Å².